The molecule has 1 amide bonds. The SMILES string of the molecule is CC(C)CC(OC(=O)c1ccc(Cl)cc1)C(CNC(=O)c1ccc(Cl)cc1)c1ccccc1. The summed E-state index contributed by atoms with van der Waals surface area (Å²) >= 11 is 11.9. The zero-order valence-electron chi connectivity index (χ0n) is 18.6. The topological polar surface area (TPSA) is 55.4 Å². The fourth-order valence-electron chi connectivity index (χ4n) is 3.62. The number of ether oxygens (including phenoxy) is 1. The predicted molar refractivity (Wildman–Crippen MR) is 133 cm³/mol. The van der Waals surface area contributed by atoms with Crippen molar-refractivity contribution in [1.82, 2.24) is 5.32 Å². The van der Waals surface area contributed by atoms with Gasteiger partial charge in [0.25, 0.3) is 5.91 Å². The van der Waals surface area contributed by atoms with Crippen LogP contribution < -0.4 is 5.32 Å². The van der Waals surface area contributed by atoms with E-state index in [4.69, 9.17) is 27.9 Å². The average Bonchev–Trinajstić information content (AvgIpc) is 2.80. The van der Waals surface area contributed by atoms with Crippen LogP contribution in [0.4, 0.5) is 0 Å². The molecule has 4 nitrogen and oxygen atoms in total. The van der Waals surface area contributed by atoms with Crippen LogP contribution in [0.1, 0.15) is 52.5 Å². The molecule has 172 valence electrons. The zero-order valence-corrected chi connectivity index (χ0v) is 20.1. The highest BCUT2D eigenvalue weighted by atomic mass is 35.5. The van der Waals surface area contributed by atoms with E-state index in [2.05, 4.69) is 19.2 Å². The summed E-state index contributed by atoms with van der Waals surface area (Å²) in [4.78, 5) is 25.6. The maximum atomic E-state index is 12.9. The zero-order chi connectivity index (χ0) is 23.8. The van der Waals surface area contributed by atoms with Gasteiger partial charge in [0.2, 0.25) is 0 Å². The van der Waals surface area contributed by atoms with Gasteiger partial charge in [0.05, 0.1) is 5.56 Å². The van der Waals surface area contributed by atoms with Crippen LogP contribution in [0.25, 0.3) is 0 Å². The van der Waals surface area contributed by atoms with Crippen molar-refractivity contribution in [3.63, 3.8) is 0 Å². The van der Waals surface area contributed by atoms with E-state index in [9.17, 15) is 9.59 Å². The number of hydrogen-bond donors (Lipinski definition) is 1. The molecule has 0 aromatic heterocycles. The number of amides is 1. The highest BCUT2D eigenvalue weighted by Gasteiger charge is 2.29. The maximum absolute atomic E-state index is 12.9. The third-order valence-electron chi connectivity index (χ3n) is 5.31. The van der Waals surface area contributed by atoms with Crippen molar-refractivity contribution in [1.29, 1.82) is 0 Å². The summed E-state index contributed by atoms with van der Waals surface area (Å²) in [6, 6.07) is 23.1. The number of rotatable bonds is 9. The van der Waals surface area contributed by atoms with Gasteiger partial charge in [-0.05, 0) is 66.4 Å². The van der Waals surface area contributed by atoms with Gasteiger partial charge in [-0.3, -0.25) is 4.79 Å². The summed E-state index contributed by atoms with van der Waals surface area (Å²) in [5, 5.41) is 4.12. The third-order valence-corrected chi connectivity index (χ3v) is 5.81. The smallest absolute Gasteiger partial charge is 0.338 e. The Hall–Kier alpha value is -2.82. The number of halogens is 2. The summed E-state index contributed by atoms with van der Waals surface area (Å²) in [6.45, 7) is 4.48. The van der Waals surface area contributed by atoms with Crippen molar-refractivity contribution < 1.29 is 14.3 Å². The van der Waals surface area contributed by atoms with E-state index in [0.717, 1.165) is 5.56 Å². The fraction of sp³-hybridized carbons (Fsp3) is 0.259. The normalized spacial score (nSPS) is 12.8. The van der Waals surface area contributed by atoms with Crippen molar-refractivity contribution in [3.05, 3.63) is 106 Å². The highest BCUT2D eigenvalue weighted by Crippen LogP contribution is 2.28. The first kappa shape index (κ1) is 24.8. The van der Waals surface area contributed by atoms with E-state index in [1.807, 2.05) is 30.3 Å². The third kappa shape index (κ3) is 7.34. The number of nitrogens with one attached hydrogen (secondary N) is 1. The van der Waals surface area contributed by atoms with Gasteiger partial charge in [-0.1, -0.05) is 67.4 Å². The molecule has 3 aromatic carbocycles. The van der Waals surface area contributed by atoms with Crippen LogP contribution in [-0.4, -0.2) is 24.5 Å². The predicted octanol–water partition coefficient (Wildman–Crippen LogP) is 6.78. The Morgan fingerprint density at radius 1 is 0.818 bits per heavy atom. The van der Waals surface area contributed by atoms with Crippen LogP contribution in [0.5, 0.6) is 0 Å². The highest BCUT2D eigenvalue weighted by molar-refractivity contribution is 6.31. The van der Waals surface area contributed by atoms with E-state index in [1.165, 1.54) is 0 Å². The van der Waals surface area contributed by atoms with Gasteiger partial charge in [-0.15, -0.1) is 0 Å². The molecule has 0 saturated heterocycles. The summed E-state index contributed by atoms with van der Waals surface area (Å²) < 4.78 is 6.01. The van der Waals surface area contributed by atoms with E-state index in [0.29, 0.717) is 34.1 Å². The molecule has 0 spiro atoms. The summed E-state index contributed by atoms with van der Waals surface area (Å²) in [6.07, 6.45) is 0.219. The second-order valence-electron chi connectivity index (χ2n) is 8.31. The van der Waals surface area contributed by atoms with E-state index in [1.54, 1.807) is 48.5 Å². The largest absolute Gasteiger partial charge is 0.458 e. The molecule has 3 rings (SSSR count). The summed E-state index contributed by atoms with van der Waals surface area (Å²) in [5.74, 6) is -0.561. The minimum atomic E-state index is -0.430. The molecule has 2 unspecified atom stereocenters. The van der Waals surface area contributed by atoms with Crippen LogP contribution in [0.2, 0.25) is 10.0 Å². The minimum absolute atomic E-state index is 0.208. The molecular weight excluding hydrogens is 457 g/mol. The Balaban J connectivity index is 1.83. The van der Waals surface area contributed by atoms with Crippen LogP contribution in [0, 0.1) is 5.92 Å². The lowest BCUT2D eigenvalue weighted by molar-refractivity contribution is 0.0177. The molecule has 0 heterocycles. The number of esters is 1. The molecule has 0 radical (unpaired) electrons. The molecule has 0 aliphatic heterocycles. The maximum Gasteiger partial charge on any atom is 0.338 e. The van der Waals surface area contributed by atoms with Gasteiger partial charge in [0.15, 0.2) is 0 Å². The lowest BCUT2D eigenvalue weighted by atomic mass is 9.88. The van der Waals surface area contributed by atoms with Gasteiger partial charge in [-0.25, -0.2) is 4.79 Å². The molecule has 6 heteroatoms. The van der Waals surface area contributed by atoms with E-state index < -0.39 is 12.1 Å². The second-order valence-corrected chi connectivity index (χ2v) is 9.19. The quantitative estimate of drug-likeness (QED) is 0.341. The van der Waals surface area contributed by atoms with Gasteiger partial charge in [-0.2, -0.15) is 0 Å². The molecular formula is C27H27Cl2NO3. The molecule has 0 fully saturated rings. The summed E-state index contributed by atoms with van der Waals surface area (Å²) in [5.41, 5.74) is 1.94. The van der Waals surface area contributed by atoms with Crippen molar-refractivity contribution in [2.45, 2.75) is 32.3 Å². The number of carbonyl (C=O) groups is 2. The number of carbonyl (C=O) groups excluding carboxylic acids is 2. The lowest BCUT2D eigenvalue weighted by Gasteiger charge is -2.29. The second kappa shape index (κ2) is 11.9. The van der Waals surface area contributed by atoms with Gasteiger partial charge >= 0.3 is 5.97 Å². The molecule has 0 aliphatic rings. The molecule has 0 saturated carbocycles. The molecule has 1 N–H and O–H groups in total. The van der Waals surface area contributed by atoms with Crippen molar-refractivity contribution in [3.8, 4) is 0 Å². The lowest BCUT2D eigenvalue weighted by Crippen LogP contribution is -2.36. The Labute approximate surface area is 204 Å². The Bertz CT molecular complexity index is 1050. The van der Waals surface area contributed by atoms with Crippen LogP contribution >= 0.6 is 23.2 Å². The standard InChI is InChI=1S/C27H27Cl2NO3/c1-18(2)16-25(33-27(32)21-10-14-23(29)15-11-21)24(19-6-4-3-5-7-19)17-30-26(31)20-8-12-22(28)13-9-20/h3-15,18,24-25H,16-17H2,1-2H3,(H,30,31). The Morgan fingerprint density at radius 3 is 1.91 bits per heavy atom. The molecule has 2 atom stereocenters. The van der Waals surface area contributed by atoms with E-state index in [-0.39, 0.29) is 17.7 Å². The first-order chi connectivity index (χ1) is 15.8. The first-order valence-electron chi connectivity index (χ1n) is 10.9. The molecule has 0 bridgehead atoms. The minimum Gasteiger partial charge on any atom is -0.458 e. The molecule has 3 aromatic rings. The summed E-state index contributed by atoms with van der Waals surface area (Å²) in [7, 11) is 0. The first-order valence-corrected chi connectivity index (χ1v) is 11.6. The van der Waals surface area contributed by atoms with Gasteiger partial charge < -0.3 is 10.1 Å². The Morgan fingerprint density at radius 2 is 1.36 bits per heavy atom. The number of hydrogen-bond acceptors (Lipinski definition) is 3. The van der Waals surface area contributed by atoms with Gasteiger partial charge in [0.1, 0.15) is 6.10 Å². The van der Waals surface area contributed by atoms with Crippen molar-refractivity contribution >= 4 is 35.1 Å². The van der Waals surface area contributed by atoms with Crippen LogP contribution in [0.3, 0.4) is 0 Å². The fourth-order valence-corrected chi connectivity index (χ4v) is 3.87. The van der Waals surface area contributed by atoms with Crippen molar-refractivity contribution in [2.75, 3.05) is 6.54 Å². The van der Waals surface area contributed by atoms with Gasteiger partial charge in [0, 0.05) is 28.1 Å². The molecule has 33 heavy (non-hydrogen) atoms. The van der Waals surface area contributed by atoms with E-state index >= 15 is 0 Å². The monoisotopic (exact) mass is 483 g/mol. The van der Waals surface area contributed by atoms with Crippen molar-refractivity contribution in [2.24, 2.45) is 5.92 Å². The average molecular weight is 484 g/mol. The molecule has 0 aliphatic carbocycles. The van der Waals surface area contributed by atoms with Crippen LogP contribution in [0.15, 0.2) is 78.9 Å². The number of benzene rings is 3. The Kier molecular flexibility index (Phi) is 8.93. The van der Waals surface area contributed by atoms with Crippen LogP contribution in [-0.2, 0) is 4.74 Å².